The highest BCUT2D eigenvalue weighted by atomic mass is 19.4. The van der Waals surface area contributed by atoms with E-state index in [4.69, 9.17) is 14.7 Å². The van der Waals surface area contributed by atoms with Gasteiger partial charge in [-0.3, -0.25) is 4.79 Å². The second-order valence-electron chi connectivity index (χ2n) is 8.14. The summed E-state index contributed by atoms with van der Waals surface area (Å²) in [5.41, 5.74) is 3.20. The first-order chi connectivity index (χ1) is 16.3. The predicted molar refractivity (Wildman–Crippen MR) is 123 cm³/mol. The topological polar surface area (TPSA) is 71.4 Å². The number of anilines is 1. The van der Waals surface area contributed by atoms with Gasteiger partial charge in [0.25, 0.3) is 0 Å². The molecule has 0 amide bonds. The molecule has 0 bridgehead atoms. The van der Waals surface area contributed by atoms with Crippen LogP contribution < -0.4 is 9.64 Å². The Labute approximate surface area is 197 Å². The number of carboxylic acid groups (broad SMARTS) is 1. The van der Waals surface area contributed by atoms with Crippen molar-refractivity contribution >= 4 is 17.4 Å². The number of carboxylic acids is 1. The minimum absolute atomic E-state index is 0.0670. The van der Waals surface area contributed by atoms with Crippen molar-refractivity contribution < 1.29 is 32.6 Å². The van der Waals surface area contributed by atoms with E-state index in [1.807, 2.05) is 36.1 Å². The molecule has 0 aliphatic carbocycles. The molecule has 34 heavy (non-hydrogen) atoms. The molecule has 1 fully saturated rings. The summed E-state index contributed by atoms with van der Waals surface area (Å²) < 4.78 is 44.2. The first kappa shape index (κ1) is 25.4. The van der Waals surface area contributed by atoms with Gasteiger partial charge in [-0.1, -0.05) is 36.3 Å². The van der Waals surface area contributed by atoms with Crippen molar-refractivity contribution in [2.75, 3.05) is 31.2 Å². The van der Waals surface area contributed by atoms with Crippen molar-refractivity contribution in [3.63, 3.8) is 0 Å². The van der Waals surface area contributed by atoms with Gasteiger partial charge in [-0.25, -0.2) is 0 Å². The van der Waals surface area contributed by atoms with Gasteiger partial charge in [-0.2, -0.15) is 13.2 Å². The van der Waals surface area contributed by atoms with Gasteiger partial charge in [0.15, 0.2) is 6.61 Å². The molecule has 2 aromatic carbocycles. The Morgan fingerprint density at radius 2 is 1.82 bits per heavy atom. The first-order valence-corrected chi connectivity index (χ1v) is 11.3. The van der Waals surface area contributed by atoms with Crippen LogP contribution in [0.5, 0.6) is 5.75 Å². The molecule has 0 unspecified atom stereocenters. The van der Waals surface area contributed by atoms with Crippen LogP contribution in [0.15, 0.2) is 53.7 Å². The third kappa shape index (κ3) is 7.40. The van der Waals surface area contributed by atoms with E-state index in [1.54, 1.807) is 24.3 Å². The van der Waals surface area contributed by atoms with E-state index in [9.17, 15) is 18.0 Å². The Morgan fingerprint density at radius 1 is 1.12 bits per heavy atom. The number of carbonyl (C=O) groups is 1. The Kier molecular flexibility index (Phi) is 8.79. The molecule has 3 rings (SSSR count). The van der Waals surface area contributed by atoms with Gasteiger partial charge in [-0.15, -0.1) is 0 Å². The van der Waals surface area contributed by atoms with Crippen LogP contribution in [-0.2, 0) is 16.1 Å². The van der Waals surface area contributed by atoms with Gasteiger partial charge in [0.1, 0.15) is 12.4 Å². The molecule has 0 saturated carbocycles. The summed E-state index contributed by atoms with van der Waals surface area (Å²) in [6, 6.07) is 14.5. The number of nitrogens with zero attached hydrogens (tertiary/aromatic N) is 2. The number of rotatable bonds is 10. The summed E-state index contributed by atoms with van der Waals surface area (Å²) in [4.78, 5) is 18.2. The molecule has 1 saturated heterocycles. The lowest BCUT2D eigenvalue weighted by molar-refractivity contribution is -0.179. The molecule has 6 nitrogen and oxygen atoms in total. The smallest absolute Gasteiger partial charge is 0.391 e. The van der Waals surface area contributed by atoms with E-state index >= 15 is 0 Å². The monoisotopic (exact) mass is 478 g/mol. The molecule has 2 aromatic rings. The third-order valence-electron chi connectivity index (χ3n) is 5.73. The molecule has 184 valence electrons. The van der Waals surface area contributed by atoms with Crippen molar-refractivity contribution in [2.45, 2.75) is 38.8 Å². The van der Waals surface area contributed by atoms with Gasteiger partial charge in [-0.05, 0) is 54.7 Å². The number of alkyl halides is 3. The highest BCUT2D eigenvalue weighted by Crippen LogP contribution is 2.35. The fraction of sp³-hybridized carbons (Fsp3) is 0.440. The van der Waals surface area contributed by atoms with Crippen molar-refractivity contribution in [1.29, 1.82) is 0 Å². The van der Waals surface area contributed by atoms with Crippen LogP contribution >= 0.6 is 0 Å². The summed E-state index contributed by atoms with van der Waals surface area (Å²) in [5, 5.41) is 13.1. The van der Waals surface area contributed by atoms with Crippen LogP contribution in [0.2, 0.25) is 0 Å². The van der Waals surface area contributed by atoms with Crippen molar-refractivity contribution in [2.24, 2.45) is 11.1 Å². The Balaban J connectivity index is 1.47. The molecule has 0 spiro atoms. The zero-order valence-electron chi connectivity index (χ0n) is 19.1. The van der Waals surface area contributed by atoms with Crippen molar-refractivity contribution in [1.82, 2.24) is 0 Å². The molecule has 0 atom stereocenters. The third-order valence-corrected chi connectivity index (χ3v) is 5.73. The van der Waals surface area contributed by atoms with Crippen LogP contribution in [0.4, 0.5) is 18.9 Å². The van der Waals surface area contributed by atoms with Crippen LogP contribution in [0, 0.1) is 5.92 Å². The lowest BCUT2D eigenvalue weighted by atomic mass is 9.96. The fourth-order valence-electron chi connectivity index (χ4n) is 3.89. The zero-order chi connectivity index (χ0) is 24.6. The van der Waals surface area contributed by atoms with Gasteiger partial charge in [0.05, 0.1) is 18.1 Å². The highest BCUT2D eigenvalue weighted by Gasteiger charge is 2.41. The van der Waals surface area contributed by atoms with E-state index in [0.29, 0.717) is 30.8 Å². The molecule has 1 aliphatic rings. The van der Waals surface area contributed by atoms with Gasteiger partial charge in [0, 0.05) is 18.8 Å². The van der Waals surface area contributed by atoms with Crippen LogP contribution in [0.25, 0.3) is 0 Å². The average molecular weight is 479 g/mol. The molecule has 1 aliphatic heterocycles. The molecular formula is C25H29F3N2O4. The second kappa shape index (κ2) is 11.8. The van der Waals surface area contributed by atoms with Gasteiger partial charge >= 0.3 is 12.1 Å². The van der Waals surface area contributed by atoms with E-state index in [0.717, 1.165) is 17.0 Å². The standard InChI is InChI=1S/C25H29F3N2O4/c1-2-23(29-34-15-14-33-22-5-3-4-18(16-22)17-24(31)32)19-6-8-21(9-7-19)30-12-10-20(11-13-30)25(26,27)28/h3-9,16,20H,2,10-15,17H2,1H3,(H,31,32)/b29-23+. The number of piperidine rings is 1. The Hall–Kier alpha value is -3.23. The number of hydrogen-bond donors (Lipinski definition) is 1. The number of aliphatic carboxylic acids is 1. The maximum Gasteiger partial charge on any atom is 0.391 e. The Bertz CT molecular complexity index is 969. The number of hydrogen-bond acceptors (Lipinski definition) is 5. The zero-order valence-corrected chi connectivity index (χ0v) is 19.1. The van der Waals surface area contributed by atoms with E-state index in [1.165, 1.54) is 0 Å². The number of ether oxygens (including phenoxy) is 1. The van der Waals surface area contributed by atoms with E-state index < -0.39 is 18.1 Å². The maximum atomic E-state index is 12.9. The number of halogens is 3. The lowest BCUT2D eigenvalue weighted by Gasteiger charge is -2.34. The minimum Gasteiger partial charge on any atom is -0.490 e. The summed E-state index contributed by atoms with van der Waals surface area (Å²) in [7, 11) is 0. The van der Waals surface area contributed by atoms with E-state index in [2.05, 4.69) is 5.16 Å². The number of benzene rings is 2. The molecular weight excluding hydrogens is 449 g/mol. The van der Waals surface area contributed by atoms with Crippen LogP contribution in [0.1, 0.15) is 37.3 Å². The molecule has 1 heterocycles. The quantitative estimate of drug-likeness (QED) is 0.285. The summed E-state index contributed by atoms with van der Waals surface area (Å²) in [5.74, 6) is -1.55. The van der Waals surface area contributed by atoms with Crippen LogP contribution in [0.3, 0.4) is 0 Å². The Morgan fingerprint density at radius 3 is 2.44 bits per heavy atom. The SMILES string of the molecule is CC/C(=N\OCCOc1cccc(CC(=O)O)c1)c1ccc(N2CCC(C(F)(F)F)CC2)cc1. The normalized spacial score (nSPS) is 15.3. The highest BCUT2D eigenvalue weighted by molar-refractivity contribution is 6.00. The molecule has 1 N–H and O–H groups in total. The summed E-state index contributed by atoms with van der Waals surface area (Å²) in [6.07, 6.45) is -3.30. The first-order valence-electron chi connectivity index (χ1n) is 11.3. The predicted octanol–water partition coefficient (Wildman–Crippen LogP) is 5.30. The van der Waals surface area contributed by atoms with Crippen molar-refractivity contribution in [3.05, 3.63) is 59.7 Å². The van der Waals surface area contributed by atoms with Gasteiger partial charge < -0.3 is 19.6 Å². The lowest BCUT2D eigenvalue weighted by Crippen LogP contribution is -2.39. The molecule has 9 heteroatoms. The van der Waals surface area contributed by atoms with Gasteiger partial charge in [0.2, 0.25) is 0 Å². The maximum absolute atomic E-state index is 12.9. The molecule has 0 radical (unpaired) electrons. The van der Waals surface area contributed by atoms with E-state index in [-0.39, 0.29) is 32.5 Å². The molecule has 0 aromatic heterocycles. The largest absolute Gasteiger partial charge is 0.490 e. The summed E-state index contributed by atoms with van der Waals surface area (Å²) in [6.45, 7) is 3.21. The van der Waals surface area contributed by atoms with Crippen LogP contribution in [-0.4, -0.2) is 49.3 Å². The fourth-order valence-corrected chi connectivity index (χ4v) is 3.89. The second-order valence-corrected chi connectivity index (χ2v) is 8.14. The average Bonchev–Trinajstić information content (AvgIpc) is 2.81. The summed E-state index contributed by atoms with van der Waals surface area (Å²) >= 11 is 0. The minimum atomic E-state index is -4.11. The number of oxime groups is 1. The van der Waals surface area contributed by atoms with Crippen molar-refractivity contribution in [3.8, 4) is 5.75 Å².